The lowest BCUT2D eigenvalue weighted by atomic mass is 10.2. The van der Waals surface area contributed by atoms with Crippen LogP contribution < -0.4 is 19.9 Å². The summed E-state index contributed by atoms with van der Waals surface area (Å²) in [7, 11) is 1.57. The predicted molar refractivity (Wildman–Crippen MR) is 140 cm³/mol. The normalized spacial score (nSPS) is 21.1. The summed E-state index contributed by atoms with van der Waals surface area (Å²) >= 11 is 6.08. The number of ether oxygens (including phenoxy) is 2. The number of nitrogens with one attached hydrogen (secondary N) is 1. The third kappa shape index (κ3) is 5.93. The van der Waals surface area contributed by atoms with Crippen LogP contribution in [0.3, 0.4) is 0 Å². The Morgan fingerprint density at radius 3 is 2.28 bits per heavy atom. The van der Waals surface area contributed by atoms with Crippen molar-refractivity contribution in [2.24, 2.45) is 0 Å². The van der Waals surface area contributed by atoms with Crippen LogP contribution in [0.1, 0.15) is 12.8 Å². The minimum atomic E-state index is -0.171. The van der Waals surface area contributed by atoms with Gasteiger partial charge in [-0.25, -0.2) is 4.79 Å². The number of methoxy groups -OCH3 is 1. The van der Waals surface area contributed by atoms with Crippen molar-refractivity contribution < 1.29 is 14.3 Å². The van der Waals surface area contributed by atoms with Gasteiger partial charge in [-0.1, -0.05) is 11.6 Å². The number of anilines is 3. The van der Waals surface area contributed by atoms with Gasteiger partial charge in [-0.3, -0.25) is 4.90 Å². The molecule has 36 heavy (non-hydrogen) atoms. The molecule has 3 aliphatic heterocycles. The van der Waals surface area contributed by atoms with Crippen molar-refractivity contribution in [3.05, 3.63) is 35.4 Å². The van der Waals surface area contributed by atoms with Crippen LogP contribution in [-0.4, -0.2) is 105 Å². The Hall–Kier alpha value is -2.82. The molecule has 0 spiro atoms. The summed E-state index contributed by atoms with van der Waals surface area (Å²) in [6.07, 6.45) is 2.78. The van der Waals surface area contributed by atoms with E-state index in [9.17, 15) is 4.79 Å². The maximum atomic E-state index is 12.8. The second-order valence-electron chi connectivity index (χ2n) is 9.42. The van der Waals surface area contributed by atoms with Crippen molar-refractivity contribution >= 4 is 35.0 Å². The predicted octanol–water partition coefficient (Wildman–Crippen LogP) is 2.79. The van der Waals surface area contributed by atoms with E-state index in [1.807, 2.05) is 6.07 Å². The van der Waals surface area contributed by atoms with Gasteiger partial charge in [-0.2, -0.15) is 0 Å². The summed E-state index contributed by atoms with van der Waals surface area (Å²) in [6, 6.07) is 9.08. The first-order valence-electron chi connectivity index (χ1n) is 12.7. The molecule has 194 valence electrons. The van der Waals surface area contributed by atoms with Crippen molar-refractivity contribution in [1.82, 2.24) is 20.0 Å². The molecule has 10 nitrogen and oxygen atoms in total. The number of aromatic nitrogens is 2. The Morgan fingerprint density at radius 1 is 1.03 bits per heavy atom. The molecule has 2 aromatic rings. The van der Waals surface area contributed by atoms with Crippen molar-refractivity contribution in [2.45, 2.75) is 18.9 Å². The highest BCUT2D eigenvalue weighted by Gasteiger charge is 2.25. The Morgan fingerprint density at radius 2 is 1.69 bits per heavy atom. The van der Waals surface area contributed by atoms with Gasteiger partial charge in [-0.15, -0.1) is 10.2 Å². The lowest BCUT2D eigenvalue weighted by molar-refractivity contribution is 0.0712. The number of halogens is 1. The highest BCUT2D eigenvalue weighted by Crippen LogP contribution is 2.28. The standard InChI is InChI=1S/C25H34ClN7O3/c1-35-22-5-4-19(26)17-21(22)27-25(34)33-14-12-32(13-15-33)24-7-6-23(28-29-24)31-10-8-30(9-11-31)18-20-3-2-16-36-20/h4-7,17,20H,2-3,8-16,18H2,1H3,(H,27,34). The highest BCUT2D eigenvalue weighted by atomic mass is 35.5. The fraction of sp³-hybridized carbons (Fsp3) is 0.560. The summed E-state index contributed by atoms with van der Waals surface area (Å²) in [5.41, 5.74) is 0.562. The molecule has 0 radical (unpaired) electrons. The summed E-state index contributed by atoms with van der Waals surface area (Å²) in [5, 5.41) is 12.5. The van der Waals surface area contributed by atoms with Crippen LogP contribution >= 0.6 is 11.6 Å². The van der Waals surface area contributed by atoms with E-state index in [0.717, 1.165) is 51.0 Å². The second kappa shape index (κ2) is 11.5. The van der Waals surface area contributed by atoms with Crippen LogP contribution in [0.4, 0.5) is 22.1 Å². The largest absolute Gasteiger partial charge is 0.495 e. The van der Waals surface area contributed by atoms with Crippen molar-refractivity contribution in [3.8, 4) is 5.75 Å². The van der Waals surface area contributed by atoms with Gasteiger partial charge in [-0.05, 0) is 43.2 Å². The van der Waals surface area contributed by atoms with E-state index in [4.69, 9.17) is 21.1 Å². The summed E-state index contributed by atoms with van der Waals surface area (Å²) in [6.45, 7) is 8.45. The van der Waals surface area contributed by atoms with E-state index in [0.29, 0.717) is 48.7 Å². The molecule has 1 aromatic carbocycles. The third-order valence-electron chi connectivity index (χ3n) is 7.11. The minimum Gasteiger partial charge on any atom is -0.495 e. The van der Waals surface area contributed by atoms with Gasteiger partial charge in [0.1, 0.15) is 5.75 Å². The zero-order chi connectivity index (χ0) is 24.9. The number of urea groups is 1. The lowest BCUT2D eigenvalue weighted by Crippen LogP contribution is -2.50. The average Bonchev–Trinajstić information content (AvgIpc) is 3.43. The zero-order valence-electron chi connectivity index (χ0n) is 20.7. The van der Waals surface area contributed by atoms with Crippen molar-refractivity contribution in [3.63, 3.8) is 0 Å². The SMILES string of the molecule is COc1ccc(Cl)cc1NC(=O)N1CCN(c2ccc(N3CCN(CC4CCCO4)CC3)nn2)CC1. The number of hydrogen-bond acceptors (Lipinski definition) is 8. The molecule has 1 unspecified atom stereocenters. The first kappa shape index (κ1) is 24.9. The first-order chi connectivity index (χ1) is 17.6. The van der Waals surface area contributed by atoms with Crippen molar-refractivity contribution in [1.29, 1.82) is 0 Å². The summed E-state index contributed by atoms with van der Waals surface area (Å²) in [5.74, 6) is 2.34. The van der Waals surface area contributed by atoms with E-state index in [2.05, 4.69) is 36.3 Å². The number of carbonyl (C=O) groups excluding carboxylic acids is 1. The van der Waals surface area contributed by atoms with Crippen LogP contribution in [-0.2, 0) is 4.74 Å². The van der Waals surface area contributed by atoms with Gasteiger partial charge >= 0.3 is 6.03 Å². The molecule has 2 amide bonds. The van der Waals surface area contributed by atoms with Gasteiger partial charge in [0.15, 0.2) is 11.6 Å². The Labute approximate surface area is 217 Å². The van der Waals surface area contributed by atoms with E-state index >= 15 is 0 Å². The lowest BCUT2D eigenvalue weighted by Gasteiger charge is -2.37. The number of rotatable bonds is 6. The number of benzene rings is 1. The zero-order valence-corrected chi connectivity index (χ0v) is 21.5. The molecule has 3 saturated heterocycles. The quantitative estimate of drug-likeness (QED) is 0.628. The molecule has 4 heterocycles. The van der Waals surface area contributed by atoms with Gasteiger partial charge in [0, 0.05) is 70.5 Å². The monoisotopic (exact) mass is 515 g/mol. The maximum Gasteiger partial charge on any atom is 0.322 e. The number of nitrogens with zero attached hydrogens (tertiary/aromatic N) is 6. The highest BCUT2D eigenvalue weighted by molar-refractivity contribution is 6.31. The first-order valence-corrected chi connectivity index (χ1v) is 13.0. The van der Waals surface area contributed by atoms with E-state index in [1.54, 1.807) is 30.2 Å². The van der Waals surface area contributed by atoms with Crippen LogP contribution in [0, 0.1) is 0 Å². The number of hydrogen-bond donors (Lipinski definition) is 1. The van der Waals surface area contributed by atoms with Crippen LogP contribution in [0.15, 0.2) is 30.3 Å². The molecule has 0 saturated carbocycles. The smallest absolute Gasteiger partial charge is 0.322 e. The van der Waals surface area contributed by atoms with Gasteiger partial charge in [0.25, 0.3) is 0 Å². The molecule has 1 aromatic heterocycles. The van der Waals surface area contributed by atoms with E-state index < -0.39 is 0 Å². The molecular weight excluding hydrogens is 482 g/mol. The Bertz CT molecular complexity index is 1020. The molecule has 3 fully saturated rings. The maximum absolute atomic E-state index is 12.8. The van der Waals surface area contributed by atoms with Crippen molar-refractivity contribution in [2.75, 3.05) is 87.7 Å². The minimum absolute atomic E-state index is 0.171. The number of amides is 2. The molecule has 3 aliphatic rings. The molecule has 1 atom stereocenters. The van der Waals surface area contributed by atoms with E-state index in [1.165, 1.54) is 12.8 Å². The van der Waals surface area contributed by atoms with Crippen LogP contribution in [0.25, 0.3) is 0 Å². The van der Waals surface area contributed by atoms with Gasteiger partial charge < -0.3 is 29.5 Å². The molecule has 0 bridgehead atoms. The number of carbonyl (C=O) groups is 1. The summed E-state index contributed by atoms with van der Waals surface area (Å²) in [4.78, 5) is 21.5. The van der Waals surface area contributed by atoms with Gasteiger partial charge in [0.2, 0.25) is 0 Å². The molecule has 0 aliphatic carbocycles. The fourth-order valence-electron chi connectivity index (χ4n) is 5.00. The molecule has 1 N–H and O–H groups in total. The Balaban J connectivity index is 1.09. The molecule has 5 rings (SSSR count). The van der Waals surface area contributed by atoms with Crippen LogP contribution in [0.5, 0.6) is 5.75 Å². The Kier molecular flexibility index (Phi) is 7.93. The van der Waals surface area contributed by atoms with Gasteiger partial charge in [0.05, 0.1) is 18.9 Å². The fourth-order valence-corrected chi connectivity index (χ4v) is 5.17. The summed E-state index contributed by atoms with van der Waals surface area (Å²) < 4.78 is 11.1. The number of piperazine rings is 2. The van der Waals surface area contributed by atoms with Crippen LogP contribution in [0.2, 0.25) is 5.02 Å². The third-order valence-corrected chi connectivity index (χ3v) is 7.35. The second-order valence-corrected chi connectivity index (χ2v) is 9.86. The van der Waals surface area contributed by atoms with E-state index in [-0.39, 0.29) is 6.03 Å². The molecular formula is C25H34ClN7O3. The molecule has 11 heteroatoms. The average molecular weight is 516 g/mol. The topological polar surface area (TPSA) is 86.3 Å².